The smallest absolute Gasteiger partial charge is 0.302 e. The Kier molecular flexibility index (Phi) is 7.68. The van der Waals surface area contributed by atoms with Gasteiger partial charge in [-0.1, -0.05) is 54.0 Å². The Morgan fingerprint density at radius 3 is 2.22 bits per heavy atom. The van der Waals surface area contributed by atoms with Crippen LogP contribution in [0.25, 0.3) is 0 Å². The number of hydrogen-bond donors (Lipinski definition) is 2. The number of anilines is 2. The SMILES string of the molecule is CC(=O)O[C@@H]1CC[C@]2(C)[C@H](CC[C@]3(C)[C@@H]2C(=O)C=C2[C@@H]4C[C@](C)(C(=O)Nc5ccc(N([O-])O)cc5)CC[C@@]4(C)CC[C@]23C)C1(C)C. The largest absolute Gasteiger partial charge is 0.733 e. The van der Waals surface area contributed by atoms with Gasteiger partial charge in [0.2, 0.25) is 5.91 Å². The molecule has 46 heavy (non-hydrogen) atoms. The summed E-state index contributed by atoms with van der Waals surface area (Å²) in [6.07, 6.45) is 10.0. The van der Waals surface area contributed by atoms with Gasteiger partial charge in [0.05, 0.1) is 5.69 Å². The van der Waals surface area contributed by atoms with Gasteiger partial charge in [0, 0.05) is 29.4 Å². The third-order valence-corrected chi connectivity index (χ3v) is 14.7. The molecule has 5 aliphatic rings. The van der Waals surface area contributed by atoms with Gasteiger partial charge in [0.1, 0.15) is 6.10 Å². The fourth-order valence-electron chi connectivity index (χ4n) is 11.7. The van der Waals surface area contributed by atoms with Crippen molar-refractivity contribution in [1.82, 2.24) is 0 Å². The minimum atomic E-state index is -0.618. The van der Waals surface area contributed by atoms with Crippen LogP contribution in [-0.2, 0) is 19.1 Å². The van der Waals surface area contributed by atoms with E-state index in [1.165, 1.54) is 24.6 Å². The van der Waals surface area contributed by atoms with Crippen LogP contribution in [0.3, 0.4) is 0 Å². The van der Waals surface area contributed by atoms with Crippen molar-refractivity contribution in [3.8, 4) is 0 Å². The summed E-state index contributed by atoms with van der Waals surface area (Å²) in [4.78, 5) is 40.5. The summed E-state index contributed by atoms with van der Waals surface area (Å²) in [7, 11) is 0. The van der Waals surface area contributed by atoms with E-state index in [9.17, 15) is 24.8 Å². The molecule has 8 heteroatoms. The minimum Gasteiger partial charge on any atom is -0.733 e. The molecular weight excluding hydrogens is 580 g/mol. The zero-order valence-electron chi connectivity index (χ0n) is 29.0. The van der Waals surface area contributed by atoms with Gasteiger partial charge in [-0.05, 0) is 122 Å². The van der Waals surface area contributed by atoms with Gasteiger partial charge in [0.15, 0.2) is 5.78 Å². The molecule has 4 saturated carbocycles. The number of ketones is 1. The van der Waals surface area contributed by atoms with Gasteiger partial charge in [-0.3, -0.25) is 19.6 Å². The first-order valence-electron chi connectivity index (χ1n) is 17.3. The van der Waals surface area contributed by atoms with E-state index in [1.54, 1.807) is 12.1 Å². The predicted octanol–water partition coefficient (Wildman–Crippen LogP) is 8.23. The summed E-state index contributed by atoms with van der Waals surface area (Å²) in [5, 5.41) is 23.3. The van der Waals surface area contributed by atoms with Crippen LogP contribution >= 0.6 is 0 Å². The Hall–Kier alpha value is -2.71. The number of nitrogens with zero attached hydrogens (tertiary/aromatic N) is 1. The number of fused-ring (bicyclic) bond motifs is 7. The maximum Gasteiger partial charge on any atom is 0.302 e. The van der Waals surface area contributed by atoms with Crippen LogP contribution in [0.4, 0.5) is 11.4 Å². The van der Waals surface area contributed by atoms with Crippen molar-refractivity contribution < 1.29 is 24.3 Å². The third-order valence-electron chi connectivity index (χ3n) is 14.7. The van der Waals surface area contributed by atoms with Gasteiger partial charge in [-0.15, -0.1) is 0 Å². The van der Waals surface area contributed by atoms with E-state index >= 15 is 0 Å². The molecule has 0 radical (unpaired) electrons. The van der Waals surface area contributed by atoms with Crippen LogP contribution in [0.1, 0.15) is 113 Å². The molecule has 1 amide bonds. The van der Waals surface area contributed by atoms with Crippen molar-refractivity contribution in [2.75, 3.05) is 10.5 Å². The van der Waals surface area contributed by atoms with Gasteiger partial charge < -0.3 is 20.5 Å². The summed E-state index contributed by atoms with van der Waals surface area (Å²) in [5.74, 6) is 0.275. The Morgan fingerprint density at radius 1 is 0.935 bits per heavy atom. The molecule has 6 rings (SSSR count). The molecule has 0 aromatic heterocycles. The topological polar surface area (TPSA) is 119 Å². The summed E-state index contributed by atoms with van der Waals surface area (Å²) in [6, 6.07) is 6.21. The van der Waals surface area contributed by atoms with Crippen LogP contribution in [0, 0.1) is 55.5 Å². The molecule has 5 aliphatic carbocycles. The minimum absolute atomic E-state index is 0.0279. The normalized spacial score (nSPS) is 42.7. The number of benzene rings is 1. The number of carbonyl (C=O) groups excluding carboxylic acids is 3. The summed E-state index contributed by atoms with van der Waals surface area (Å²) < 4.78 is 5.86. The van der Waals surface area contributed by atoms with E-state index in [4.69, 9.17) is 4.74 Å². The summed E-state index contributed by atoms with van der Waals surface area (Å²) >= 11 is 0. The molecule has 1 aromatic carbocycles. The van der Waals surface area contributed by atoms with Crippen molar-refractivity contribution in [1.29, 1.82) is 0 Å². The van der Waals surface area contributed by atoms with E-state index in [0.29, 0.717) is 12.1 Å². The molecule has 252 valence electrons. The molecule has 0 bridgehead atoms. The summed E-state index contributed by atoms with van der Waals surface area (Å²) in [5.41, 5.74) is 0.591. The van der Waals surface area contributed by atoms with Crippen LogP contribution in [0.15, 0.2) is 35.9 Å². The highest BCUT2D eigenvalue weighted by Crippen LogP contribution is 2.75. The molecule has 0 aliphatic heterocycles. The third kappa shape index (κ3) is 4.71. The number of rotatable bonds is 4. The Morgan fingerprint density at radius 2 is 1.59 bits per heavy atom. The van der Waals surface area contributed by atoms with Crippen LogP contribution in [0.2, 0.25) is 0 Å². The number of esters is 1. The average Bonchev–Trinajstić information content (AvgIpc) is 2.96. The maximum atomic E-state index is 14.7. The zero-order valence-corrected chi connectivity index (χ0v) is 29.0. The first kappa shape index (κ1) is 33.2. The van der Waals surface area contributed by atoms with Gasteiger partial charge in [-0.2, -0.15) is 0 Å². The van der Waals surface area contributed by atoms with Crippen molar-refractivity contribution in [2.45, 2.75) is 119 Å². The zero-order chi connectivity index (χ0) is 33.7. The van der Waals surface area contributed by atoms with E-state index in [-0.39, 0.29) is 79.5 Å². The molecule has 9 atom stereocenters. The van der Waals surface area contributed by atoms with Gasteiger partial charge in [-0.25, -0.2) is 0 Å². The number of carbonyl (C=O) groups is 3. The number of nitrogens with one attached hydrogen (secondary N) is 1. The molecule has 0 spiro atoms. The molecule has 0 unspecified atom stereocenters. The lowest BCUT2D eigenvalue weighted by Gasteiger charge is -2.70. The second-order valence-electron chi connectivity index (χ2n) is 17.5. The van der Waals surface area contributed by atoms with Gasteiger partial charge >= 0.3 is 5.97 Å². The second kappa shape index (κ2) is 10.6. The van der Waals surface area contributed by atoms with E-state index < -0.39 is 5.41 Å². The Bertz CT molecular complexity index is 1470. The highest BCUT2D eigenvalue weighted by atomic mass is 16.8. The van der Waals surface area contributed by atoms with Crippen molar-refractivity contribution in [2.24, 2.45) is 50.2 Å². The van der Waals surface area contributed by atoms with E-state index in [2.05, 4.69) is 53.8 Å². The first-order valence-corrected chi connectivity index (χ1v) is 17.3. The molecule has 0 saturated heterocycles. The number of allylic oxidation sites excluding steroid dienone is 2. The molecule has 8 nitrogen and oxygen atoms in total. The summed E-state index contributed by atoms with van der Waals surface area (Å²) in [6.45, 7) is 17.6. The van der Waals surface area contributed by atoms with Crippen molar-refractivity contribution in [3.05, 3.63) is 41.1 Å². The Balaban J connectivity index is 1.32. The maximum absolute atomic E-state index is 14.7. The molecular formula is C38H53N2O6-. The quantitative estimate of drug-likeness (QED) is 0.253. The fourth-order valence-corrected chi connectivity index (χ4v) is 11.7. The fraction of sp³-hybridized carbons (Fsp3) is 0.711. The van der Waals surface area contributed by atoms with Crippen molar-refractivity contribution in [3.63, 3.8) is 0 Å². The second-order valence-corrected chi connectivity index (χ2v) is 17.5. The molecule has 0 heterocycles. The van der Waals surface area contributed by atoms with Crippen molar-refractivity contribution >= 4 is 29.0 Å². The van der Waals surface area contributed by atoms with Crippen LogP contribution in [-0.4, -0.2) is 29.0 Å². The monoisotopic (exact) mass is 633 g/mol. The van der Waals surface area contributed by atoms with E-state index in [0.717, 1.165) is 51.4 Å². The number of ether oxygens (including phenoxy) is 1. The molecule has 2 N–H and O–H groups in total. The highest BCUT2D eigenvalue weighted by Gasteiger charge is 2.70. The standard InChI is InChI=1S/C38H53N2O6/c1-23(41)46-30-14-15-36(6)29(33(30,2)3)13-16-38(8)31(36)28(42)21-26-27-22-35(5,18-17-34(27,4)19-20-37(26,38)7)32(43)39-24-9-11-25(12-10-24)40(44)45/h9-12,21,27,29-31,44H,13-20,22H2,1-8H3,(H,39,43)/q-1/t27-,29+,30+,31+,34-,35+,36+,37+,38+/m0/s1. The van der Waals surface area contributed by atoms with E-state index in [1.807, 2.05) is 6.08 Å². The Labute approximate surface area is 274 Å². The first-order chi connectivity index (χ1) is 21.3. The van der Waals surface area contributed by atoms with Crippen LogP contribution < -0.4 is 10.5 Å². The number of hydrogen-bond acceptors (Lipinski definition) is 7. The number of amides is 1. The lowest BCUT2D eigenvalue weighted by molar-refractivity contribution is -0.210. The predicted molar refractivity (Wildman–Crippen MR) is 178 cm³/mol. The van der Waals surface area contributed by atoms with Crippen LogP contribution in [0.5, 0.6) is 0 Å². The lowest BCUT2D eigenvalue weighted by atomic mass is 9.33. The van der Waals surface area contributed by atoms with Gasteiger partial charge in [0.25, 0.3) is 0 Å². The molecule has 1 aromatic rings. The highest BCUT2D eigenvalue weighted by molar-refractivity contribution is 5.97. The average molecular weight is 634 g/mol. The molecule has 4 fully saturated rings. The lowest BCUT2D eigenvalue weighted by Crippen LogP contribution is -2.66.